The highest BCUT2D eigenvalue weighted by Crippen LogP contribution is 2.14. The molecule has 0 aromatic carbocycles. The van der Waals surface area contributed by atoms with E-state index in [1.807, 2.05) is 0 Å². The van der Waals surface area contributed by atoms with E-state index in [9.17, 15) is 5.11 Å². The lowest BCUT2D eigenvalue weighted by atomic mass is 10.0. The third kappa shape index (κ3) is 5.11. The molecule has 1 aliphatic rings. The van der Waals surface area contributed by atoms with Gasteiger partial charge in [-0.2, -0.15) is 5.10 Å². The molecule has 5 nitrogen and oxygen atoms in total. The molecule has 0 amide bonds. The number of hydrogen-bond donors (Lipinski definition) is 3. The summed E-state index contributed by atoms with van der Waals surface area (Å²) >= 11 is 0. The summed E-state index contributed by atoms with van der Waals surface area (Å²) in [5.74, 6) is 0. The van der Waals surface area contributed by atoms with Crippen molar-refractivity contribution in [2.75, 3.05) is 26.2 Å². The van der Waals surface area contributed by atoms with Crippen molar-refractivity contribution in [2.24, 2.45) is 0 Å². The molecule has 3 N–H and O–H groups in total. The van der Waals surface area contributed by atoms with Gasteiger partial charge < -0.3 is 15.7 Å². The molecular weight excluding hydrogens is 311 g/mol. The lowest BCUT2D eigenvalue weighted by molar-refractivity contribution is 0.0615. The zero-order chi connectivity index (χ0) is 13.9. The summed E-state index contributed by atoms with van der Waals surface area (Å²) in [6, 6.07) is 0. The van der Waals surface area contributed by atoms with Gasteiger partial charge in [-0.3, -0.25) is 4.68 Å². The van der Waals surface area contributed by atoms with Crippen molar-refractivity contribution in [3.05, 3.63) is 17.0 Å². The SMILES string of the molecule is CCn1nc(C)c(CCNCC2(O)CCNC2)c1C.Cl.Cl. The Kier molecular flexibility index (Phi) is 8.81. The van der Waals surface area contributed by atoms with Gasteiger partial charge in [-0.1, -0.05) is 0 Å². The summed E-state index contributed by atoms with van der Waals surface area (Å²) in [4.78, 5) is 0. The molecule has 1 unspecified atom stereocenters. The van der Waals surface area contributed by atoms with Gasteiger partial charge in [0, 0.05) is 25.3 Å². The molecule has 1 atom stereocenters. The number of aromatic nitrogens is 2. The van der Waals surface area contributed by atoms with E-state index in [0.29, 0.717) is 13.1 Å². The van der Waals surface area contributed by atoms with Gasteiger partial charge in [0.05, 0.1) is 11.3 Å². The molecule has 0 aliphatic carbocycles. The summed E-state index contributed by atoms with van der Waals surface area (Å²) in [6.45, 7) is 10.4. The first-order valence-electron chi connectivity index (χ1n) is 7.22. The van der Waals surface area contributed by atoms with E-state index in [1.54, 1.807) is 0 Å². The van der Waals surface area contributed by atoms with Crippen LogP contribution in [0.15, 0.2) is 0 Å². The predicted molar refractivity (Wildman–Crippen MR) is 90.9 cm³/mol. The maximum atomic E-state index is 10.2. The zero-order valence-corrected chi connectivity index (χ0v) is 14.7. The fraction of sp³-hybridized carbons (Fsp3) is 0.786. The Morgan fingerprint density at radius 1 is 1.38 bits per heavy atom. The highest BCUT2D eigenvalue weighted by atomic mass is 35.5. The molecule has 0 bridgehead atoms. The molecule has 0 radical (unpaired) electrons. The van der Waals surface area contributed by atoms with Crippen LogP contribution in [0.25, 0.3) is 0 Å². The van der Waals surface area contributed by atoms with Gasteiger partial charge >= 0.3 is 0 Å². The third-order valence-electron chi connectivity index (χ3n) is 4.06. The second kappa shape index (κ2) is 8.96. The van der Waals surface area contributed by atoms with Crippen LogP contribution < -0.4 is 10.6 Å². The first-order valence-corrected chi connectivity index (χ1v) is 7.22. The van der Waals surface area contributed by atoms with Crippen LogP contribution >= 0.6 is 24.8 Å². The van der Waals surface area contributed by atoms with Crippen LogP contribution in [0.4, 0.5) is 0 Å². The quantitative estimate of drug-likeness (QED) is 0.682. The van der Waals surface area contributed by atoms with Crippen LogP contribution in [-0.2, 0) is 13.0 Å². The molecule has 124 valence electrons. The van der Waals surface area contributed by atoms with Crippen molar-refractivity contribution in [1.29, 1.82) is 0 Å². The van der Waals surface area contributed by atoms with Crippen LogP contribution in [0.1, 0.15) is 30.3 Å². The number of aryl methyl sites for hydroxylation is 2. The number of hydrogen-bond acceptors (Lipinski definition) is 4. The number of halogens is 2. The van der Waals surface area contributed by atoms with Gasteiger partial charge in [-0.05, 0) is 52.3 Å². The summed E-state index contributed by atoms with van der Waals surface area (Å²) in [6.07, 6.45) is 1.81. The summed E-state index contributed by atoms with van der Waals surface area (Å²) in [5, 5.41) is 21.3. The first-order chi connectivity index (χ1) is 9.06. The van der Waals surface area contributed by atoms with Crippen LogP contribution in [0.2, 0.25) is 0 Å². The van der Waals surface area contributed by atoms with Crippen LogP contribution in [0.5, 0.6) is 0 Å². The van der Waals surface area contributed by atoms with E-state index in [0.717, 1.165) is 38.2 Å². The van der Waals surface area contributed by atoms with E-state index in [4.69, 9.17) is 0 Å². The Morgan fingerprint density at radius 3 is 2.62 bits per heavy atom. The largest absolute Gasteiger partial charge is 0.387 e. The normalized spacial score (nSPS) is 21.0. The Morgan fingerprint density at radius 2 is 2.10 bits per heavy atom. The Bertz CT molecular complexity index is 431. The first kappa shape index (κ1) is 20.7. The number of rotatable bonds is 6. The fourth-order valence-electron chi connectivity index (χ4n) is 2.82. The Hall–Kier alpha value is -0.330. The van der Waals surface area contributed by atoms with E-state index >= 15 is 0 Å². The number of aliphatic hydroxyl groups is 1. The van der Waals surface area contributed by atoms with Gasteiger partial charge in [0.2, 0.25) is 0 Å². The lowest BCUT2D eigenvalue weighted by Crippen LogP contribution is -2.42. The maximum absolute atomic E-state index is 10.2. The van der Waals surface area contributed by atoms with E-state index in [1.165, 1.54) is 11.3 Å². The van der Waals surface area contributed by atoms with Gasteiger partial charge in [0.25, 0.3) is 0 Å². The molecule has 1 saturated heterocycles. The van der Waals surface area contributed by atoms with E-state index in [-0.39, 0.29) is 24.8 Å². The number of β-amino-alcohol motifs (C(OH)–C–C–N with tert-alkyl or cyclic N) is 1. The molecule has 21 heavy (non-hydrogen) atoms. The molecule has 2 heterocycles. The van der Waals surface area contributed by atoms with Gasteiger partial charge in [0.15, 0.2) is 0 Å². The molecule has 0 saturated carbocycles. The zero-order valence-electron chi connectivity index (χ0n) is 13.1. The summed E-state index contributed by atoms with van der Waals surface area (Å²) in [7, 11) is 0. The van der Waals surface area contributed by atoms with Crippen molar-refractivity contribution in [1.82, 2.24) is 20.4 Å². The molecule has 2 rings (SSSR count). The molecular formula is C14H28Cl2N4O. The Labute approximate surface area is 139 Å². The average Bonchev–Trinajstić information content (AvgIpc) is 2.92. The standard InChI is InChI=1S/C14H26N4O.2ClH/c1-4-18-12(3)13(11(2)17-18)5-7-15-9-14(19)6-8-16-10-14;;/h15-16,19H,4-10H2,1-3H3;2*1H. The Balaban J connectivity index is 0.00000200. The minimum atomic E-state index is -0.558. The minimum Gasteiger partial charge on any atom is -0.387 e. The van der Waals surface area contributed by atoms with Crippen LogP contribution in [0.3, 0.4) is 0 Å². The van der Waals surface area contributed by atoms with Gasteiger partial charge in [-0.15, -0.1) is 24.8 Å². The van der Waals surface area contributed by atoms with Crippen molar-refractivity contribution < 1.29 is 5.11 Å². The van der Waals surface area contributed by atoms with Crippen molar-refractivity contribution in [3.8, 4) is 0 Å². The lowest BCUT2D eigenvalue weighted by Gasteiger charge is -2.21. The summed E-state index contributed by atoms with van der Waals surface area (Å²) < 4.78 is 2.05. The maximum Gasteiger partial charge on any atom is 0.0907 e. The van der Waals surface area contributed by atoms with Crippen molar-refractivity contribution >= 4 is 24.8 Å². The molecule has 0 spiro atoms. The van der Waals surface area contributed by atoms with Crippen molar-refractivity contribution in [3.63, 3.8) is 0 Å². The highest BCUT2D eigenvalue weighted by Gasteiger charge is 2.30. The summed E-state index contributed by atoms with van der Waals surface area (Å²) in [5.41, 5.74) is 3.17. The smallest absolute Gasteiger partial charge is 0.0907 e. The monoisotopic (exact) mass is 338 g/mol. The fourth-order valence-corrected chi connectivity index (χ4v) is 2.82. The van der Waals surface area contributed by atoms with Crippen LogP contribution in [-0.4, -0.2) is 46.7 Å². The minimum absolute atomic E-state index is 0. The molecule has 1 aromatic heterocycles. The molecule has 1 fully saturated rings. The predicted octanol–water partition coefficient (Wildman–Crippen LogP) is 1.22. The average molecular weight is 339 g/mol. The molecule has 1 aromatic rings. The van der Waals surface area contributed by atoms with Crippen LogP contribution in [0, 0.1) is 13.8 Å². The number of nitrogens with zero attached hydrogens (tertiary/aromatic N) is 2. The second-order valence-electron chi connectivity index (χ2n) is 5.54. The highest BCUT2D eigenvalue weighted by molar-refractivity contribution is 5.85. The number of nitrogens with one attached hydrogen (secondary N) is 2. The van der Waals surface area contributed by atoms with E-state index in [2.05, 4.69) is 41.2 Å². The molecule has 1 aliphatic heterocycles. The van der Waals surface area contributed by atoms with Gasteiger partial charge in [0.1, 0.15) is 0 Å². The van der Waals surface area contributed by atoms with E-state index < -0.39 is 5.60 Å². The molecule has 7 heteroatoms. The topological polar surface area (TPSA) is 62.1 Å². The van der Waals surface area contributed by atoms with Crippen molar-refractivity contribution in [2.45, 2.75) is 45.8 Å². The second-order valence-corrected chi connectivity index (χ2v) is 5.54. The third-order valence-corrected chi connectivity index (χ3v) is 4.06. The van der Waals surface area contributed by atoms with Gasteiger partial charge in [-0.25, -0.2) is 0 Å².